The summed E-state index contributed by atoms with van der Waals surface area (Å²) in [6.07, 6.45) is 2.56. The average molecular weight is 481 g/mol. The van der Waals surface area contributed by atoms with E-state index in [9.17, 15) is 17.6 Å². The topological polar surface area (TPSA) is 138 Å². The summed E-state index contributed by atoms with van der Waals surface area (Å²) in [6, 6.07) is 5.48. The number of ether oxygens (including phenoxy) is 1. The summed E-state index contributed by atoms with van der Waals surface area (Å²) in [7, 11) is -2.39. The van der Waals surface area contributed by atoms with Crippen molar-refractivity contribution in [2.24, 2.45) is 12.2 Å². The molecule has 1 amide bonds. The standard InChI is InChI=1S/C18H17FN6O5S2/c1-25-10-21-23-18(25)32(27,28)13-4-2-11(3-5-13)15(24-30-12-6-7-29-9-12)16(26)22-17-20-8-14(19)31-17/h2-5,8,10,12H,6-7,9H2,1H3,(H,20,22,26)/b24-15+/t12-/m1/s1. The minimum atomic E-state index is -3.91. The molecule has 0 unspecified atom stereocenters. The summed E-state index contributed by atoms with van der Waals surface area (Å²) < 4.78 is 45.3. The van der Waals surface area contributed by atoms with Gasteiger partial charge in [0.2, 0.25) is 9.84 Å². The molecule has 0 bridgehead atoms. The van der Waals surface area contributed by atoms with Crippen LogP contribution in [0.15, 0.2) is 52.0 Å². The van der Waals surface area contributed by atoms with E-state index >= 15 is 0 Å². The van der Waals surface area contributed by atoms with Gasteiger partial charge >= 0.3 is 0 Å². The molecule has 1 aliphatic heterocycles. The largest absolute Gasteiger partial charge is 0.389 e. The first kappa shape index (κ1) is 22.0. The molecule has 4 rings (SSSR count). The lowest BCUT2D eigenvalue weighted by atomic mass is 10.1. The van der Waals surface area contributed by atoms with Gasteiger partial charge in [-0.1, -0.05) is 28.6 Å². The Balaban J connectivity index is 1.62. The van der Waals surface area contributed by atoms with E-state index in [-0.39, 0.29) is 32.6 Å². The number of hydrogen-bond acceptors (Lipinski definition) is 10. The molecule has 14 heteroatoms. The molecule has 1 atom stereocenters. The molecule has 2 aromatic heterocycles. The van der Waals surface area contributed by atoms with Gasteiger partial charge in [0.1, 0.15) is 6.33 Å². The number of anilines is 1. The van der Waals surface area contributed by atoms with E-state index in [1.165, 1.54) is 42.2 Å². The molecular formula is C18H17FN6O5S2. The van der Waals surface area contributed by atoms with Crippen LogP contribution >= 0.6 is 11.3 Å². The van der Waals surface area contributed by atoms with E-state index in [2.05, 4.69) is 25.7 Å². The summed E-state index contributed by atoms with van der Waals surface area (Å²) in [5.74, 6) is -0.692. The van der Waals surface area contributed by atoms with Crippen LogP contribution in [0.25, 0.3) is 0 Å². The molecule has 0 spiro atoms. The molecule has 1 fully saturated rings. The number of nitrogens with one attached hydrogen (secondary N) is 1. The lowest BCUT2D eigenvalue weighted by Gasteiger charge is -2.10. The lowest BCUT2D eigenvalue weighted by Crippen LogP contribution is -2.25. The van der Waals surface area contributed by atoms with Crippen molar-refractivity contribution < 1.29 is 27.2 Å². The molecule has 11 nitrogen and oxygen atoms in total. The van der Waals surface area contributed by atoms with Gasteiger partial charge in [-0.05, 0) is 12.1 Å². The van der Waals surface area contributed by atoms with Crippen LogP contribution in [0, 0.1) is 5.13 Å². The van der Waals surface area contributed by atoms with Crippen LogP contribution in [0.1, 0.15) is 12.0 Å². The first-order chi connectivity index (χ1) is 15.3. The minimum absolute atomic E-state index is 0.0378. The predicted molar refractivity (Wildman–Crippen MR) is 110 cm³/mol. The van der Waals surface area contributed by atoms with Crippen LogP contribution < -0.4 is 5.32 Å². The zero-order valence-electron chi connectivity index (χ0n) is 16.6. The van der Waals surface area contributed by atoms with Gasteiger partial charge in [0, 0.05) is 19.0 Å². The number of hydrogen-bond donors (Lipinski definition) is 1. The second-order valence-corrected chi connectivity index (χ2v) is 9.53. The zero-order valence-corrected chi connectivity index (χ0v) is 18.3. The van der Waals surface area contributed by atoms with E-state index in [1.807, 2.05) is 0 Å². The number of sulfone groups is 1. The molecule has 0 saturated carbocycles. The number of carbonyl (C=O) groups is 1. The van der Waals surface area contributed by atoms with Crippen LogP contribution in [0.5, 0.6) is 0 Å². The fourth-order valence-electron chi connectivity index (χ4n) is 2.83. The molecule has 1 saturated heterocycles. The Morgan fingerprint density at radius 1 is 1.38 bits per heavy atom. The third kappa shape index (κ3) is 4.66. The van der Waals surface area contributed by atoms with E-state index in [4.69, 9.17) is 9.57 Å². The van der Waals surface area contributed by atoms with Crippen LogP contribution in [0.4, 0.5) is 9.52 Å². The number of carbonyl (C=O) groups excluding carboxylic acids is 1. The maximum Gasteiger partial charge on any atom is 0.280 e. The fraction of sp³-hybridized carbons (Fsp3) is 0.278. The number of nitrogens with zero attached hydrogens (tertiary/aromatic N) is 5. The Bertz CT molecular complexity index is 1250. The van der Waals surface area contributed by atoms with Crippen molar-refractivity contribution in [2.45, 2.75) is 22.6 Å². The van der Waals surface area contributed by atoms with Crippen LogP contribution in [-0.2, 0) is 31.3 Å². The zero-order chi connectivity index (χ0) is 22.7. The number of oxime groups is 1. The Kier molecular flexibility index (Phi) is 6.25. The SMILES string of the molecule is Cn1cnnc1S(=O)(=O)c1ccc(/C(=N\O[C@@H]2CCOC2)C(=O)Nc2ncc(F)s2)cc1. The highest BCUT2D eigenvalue weighted by atomic mass is 32.2. The first-order valence-electron chi connectivity index (χ1n) is 9.28. The Labute approximate surface area is 185 Å². The van der Waals surface area contributed by atoms with E-state index in [0.717, 1.165) is 6.20 Å². The Morgan fingerprint density at radius 2 is 2.16 bits per heavy atom. The number of benzene rings is 1. The van der Waals surface area contributed by atoms with Gasteiger partial charge < -0.3 is 14.1 Å². The summed E-state index contributed by atoms with van der Waals surface area (Å²) in [4.78, 5) is 21.9. The highest BCUT2D eigenvalue weighted by Gasteiger charge is 2.25. The quantitative estimate of drug-likeness (QED) is 0.396. The molecule has 3 aromatic rings. The van der Waals surface area contributed by atoms with Gasteiger partial charge in [-0.25, -0.2) is 13.4 Å². The summed E-state index contributed by atoms with van der Waals surface area (Å²) in [5, 5.41) is 12.9. The third-order valence-electron chi connectivity index (χ3n) is 4.44. The van der Waals surface area contributed by atoms with Crippen molar-refractivity contribution in [3.8, 4) is 0 Å². The number of aromatic nitrogens is 4. The van der Waals surface area contributed by atoms with Crippen LogP contribution in [0.3, 0.4) is 0 Å². The second kappa shape index (κ2) is 9.10. The number of aryl methyl sites for hydroxylation is 1. The number of rotatable bonds is 7. The molecule has 0 radical (unpaired) electrons. The van der Waals surface area contributed by atoms with Crippen LogP contribution in [-0.4, -0.2) is 59.1 Å². The summed E-state index contributed by atoms with van der Waals surface area (Å²) in [6.45, 7) is 0.861. The van der Waals surface area contributed by atoms with E-state index in [0.29, 0.717) is 31.0 Å². The summed E-state index contributed by atoms with van der Waals surface area (Å²) >= 11 is 0.658. The van der Waals surface area contributed by atoms with Crippen molar-refractivity contribution in [2.75, 3.05) is 18.5 Å². The van der Waals surface area contributed by atoms with Crippen LogP contribution in [0.2, 0.25) is 0 Å². The monoisotopic (exact) mass is 480 g/mol. The molecule has 1 N–H and O–H groups in total. The van der Waals surface area contributed by atoms with Gasteiger partial charge in [-0.15, -0.1) is 10.2 Å². The van der Waals surface area contributed by atoms with Crippen molar-refractivity contribution in [3.63, 3.8) is 0 Å². The maximum atomic E-state index is 13.2. The van der Waals surface area contributed by atoms with Crippen molar-refractivity contribution >= 4 is 37.9 Å². The molecule has 3 heterocycles. The van der Waals surface area contributed by atoms with Gasteiger partial charge in [0.15, 0.2) is 22.1 Å². The molecule has 168 valence electrons. The smallest absolute Gasteiger partial charge is 0.280 e. The normalized spacial score (nSPS) is 16.8. The van der Waals surface area contributed by atoms with E-state index in [1.54, 1.807) is 0 Å². The lowest BCUT2D eigenvalue weighted by molar-refractivity contribution is -0.110. The van der Waals surface area contributed by atoms with Gasteiger partial charge in [-0.3, -0.25) is 10.1 Å². The Morgan fingerprint density at radius 3 is 2.75 bits per heavy atom. The molecule has 1 aliphatic rings. The fourth-order valence-corrected chi connectivity index (χ4v) is 4.66. The second-order valence-electron chi connectivity index (χ2n) is 6.71. The number of halogens is 1. The third-order valence-corrected chi connectivity index (χ3v) is 6.89. The molecular weight excluding hydrogens is 463 g/mol. The number of amides is 1. The first-order valence-corrected chi connectivity index (χ1v) is 11.6. The molecule has 32 heavy (non-hydrogen) atoms. The van der Waals surface area contributed by atoms with E-state index < -0.39 is 20.9 Å². The highest BCUT2D eigenvalue weighted by Crippen LogP contribution is 2.21. The highest BCUT2D eigenvalue weighted by molar-refractivity contribution is 7.91. The average Bonchev–Trinajstić information content (AvgIpc) is 3.52. The van der Waals surface area contributed by atoms with Gasteiger partial charge in [0.05, 0.1) is 24.3 Å². The maximum absolute atomic E-state index is 13.2. The molecule has 1 aromatic carbocycles. The Hall–Kier alpha value is -3.23. The van der Waals surface area contributed by atoms with Crippen molar-refractivity contribution in [3.05, 3.63) is 47.5 Å². The predicted octanol–water partition coefficient (Wildman–Crippen LogP) is 1.39. The minimum Gasteiger partial charge on any atom is -0.389 e. The van der Waals surface area contributed by atoms with Crippen molar-refractivity contribution in [1.29, 1.82) is 0 Å². The number of thiazole rings is 1. The van der Waals surface area contributed by atoms with Gasteiger partial charge in [-0.2, -0.15) is 4.39 Å². The van der Waals surface area contributed by atoms with Gasteiger partial charge in [0.25, 0.3) is 11.1 Å². The molecule has 0 aliphatic carbocycles. The van der Waals surface area contributed by atoms with Crippen molar-refractivity contribution in [1.82, 2.24) is 19.7 Å². The summed E-state index contributed by atoms with van der Waals surface area (Å²) in [5.41, 5.74) is 0.158.